The number of halogens is 2. The second-order valence-electron chi connectivity index (χ2n) is 10.2. The first-order valence-corrected chi connectivity index (χ1v) is 13.1. The van der Waals surface area contributed by atoms with Gasteiger partial charge in [-0.05, 0) is 54.0 Å². The highest BCUT2D eigenvalue weighted by molar-refractivity contribution is 6.42. The predicted molar refractivity (Wildman–Crippen MR) is 142 cm³/mol. The summed E-state index contributed by atoms with van der Waals surface area (Å²) in [5.74, 6) is 0.294. The van der Waals surface area contributed by atoms with Gasteiger partial charge < -0.3 is 15.0 Å². The van der Waals surface area contributed by atoms with Crippen molar-refractivity contribution in [1.82, 2.24) is 10.2 Å². The molecule has 0 bridgehead atoms. The van der Waals surface area contributed by atoms with Crippen LogP contribution >= 0.6 is 23.2 Å². The highest BCUT2D eigenvalue weighted by Gasteiger charge is 2.31. The van der Waals surface area contributed by atoms with Gasteiger partial charge in [0.15, 0.2) is 6.61 Å². The van der Waals surface area contributed by atoms with Crippen LogP contribution in [0, 0.1) is 0 Å². The minimum atomic E-state index is -0.612. The smallest absolute Gasteiger partial charge is 0.261 e. The molecule has 2 aromatic rings. The van der Waals surface area contributed by atoms with Crippen molar-refractivity contribution in [3.05, 3.63) is 63.6 Å². The standard InChI is InChI=1S/C28H36Cl2N2O3/c1-5-24(27(34)31-20-10-6-7-11-20)32(17-19-14-15-22(29)23(30)16-19)26(33)18-35-25-13-9-8-12-21(25)28(2,3)4/h8-9,12-16,20,24H,5-7,10-11,17-18H2,1-4H3,(H,31,34). The molecule has 1 atom stereocenters. The van der Waals surface area contributed by atoms with Crippen molar-refractivity contribution in [3.63, 3.8) is 0 Å². The Bertz CT molecular complexity index is 1030. The molecule has 1 fully saturated rings. The van der Waals surface area contributed by atoms with Gasteiger partial charge in [0, 0.05) is 12.6 Å². The summed E-state index contributed by atoms with van der Waals surface area (Å²) in [5.41, 5.74) is 1.69. The summed E-state index contributed by atoms with van der Waals surface area (Å²) in [5, 5.41) is 4.01. The van der Waals surface area contributed by atoms with Gasteiger partial charge in [-0.3, -0.25) is 9.59 Å². The van der Waals surface area contributed by atoms with Gasteiger partial charge >= 0.3 is 0 Å². The van der Waals surface area contributed by atoms with E-state index in [2.05, 4.69) is 26.1 Å². The van der Waals surface area contributed by atoms with Gasteiger partial charge in [-0.25, -0.2) is 0 Å². The largest absolute Gasteiger partial charge is 0.483 e. The Morgan fingerprint density at radius 3 is 2.40 bits per heavy atom. The zero-order valence-electron chi connectivity index (χ0n) is 21.1. The van der Waals surface area contributed by atoms with Crippen molar-refractivity contribution in [2.24, 2.45) is 0 Å². The van der Waals surface area contributed by atoms with Gasteiger partial charge in [0.05, 0.1) is 10.0 Å². The van der Waals surface area contributed by atoms with Crippen LogP contribution in [0.25, 0.3) is 0 Å². The SMILES string of the molecule is CCC(C(=O)NC1CCCC1)N(Cc1ccc(Cl)c(Cl)c1)C(=O)COc1ccccc1C(C)(C)C. The fourth-order valence-corrected chi connectivity index (χ4v) is 4.88. The minimum Gasteiger partial charge on any atom is -0.483 e. The number of ether oxygens (including phenoxy) is 1. The molecule has 1 aliphatic rings. The van der Waals surface area contributed by atoms with Crippen molar-refractivity contribution in [2.75, 3.05) is 6.61 Å². The maximum atomic E-state index is 13.5. The van der Waals surface area contributed by atoms with E-state index >= 15 is 0 Å². The number of rotatable bonds is 9. The summed E-state index contributed by atoms with van der Waals surface area (Å²) in [6.45, 7) is 8.30. The number of hydrogen-bond donors (Lipinski definition) is 1. The first-order valence-electron chi connectivity index (χ1n) is 12.4. The van der Waals surface area contributed by atoms with Crippen LogP contribution in [0.2, 0.25) is 10.0 Å². The van der Waals surface area contributed by atoms with Crippen LogP contribution in [0.4, 0.5) is 0 Å². The Morgan fingerprint density at radius 2 is 1.77 bits per heavy atom. The van der Waals surface area contributed by atoms with Crippen LogP contribution in [0.5, 0.6) is 5.75 Å². The molecule has 190 valence electrons. The molecule has 1 unspecified atom stereocenters. The lowest BCUT2D eigenvalue weighted by molar-refractivity contribution is -0.143. The van der Waals surface area contributed by atoms with Gasteiger partial charge in [-0.1, -0.05) is 88.0 Å². The van der Waals surface area contributed by atoms with Crippen molar-refractivity contribution < 1.29 is 14.3 Å². The molecule has 35 heavy (non-hydrogen) atoms. The van der Waals surface area contributed by atoms with Gasteiger partial charge in [0.1, 0.15) is 11.8 Å². The lowest BCUT2D eigenvalue weighted by Gasteiger charge is -2.32. The molecule has 0 spiro atoms. The molecular weight excluding hydrogens is 483 g/mol. The topological polar surface area (TPSA) is 58.6 Å². The molecule has 0 aromatic heterocycles. The molecule has 1 N–H and O–H groups in total. The second-order valence-corrected chi connectivity index (χ2v) is 11.0. The first-order chi connectivity index (χ1) is 16.6. The van der Waals surface area contributed by atoms with Crippen LogP contribution in [0.3, 0.4) is 0 Å². The van der Waals surface area contributed by atoms with Gasteiger partial charge in [-0.15, -0.1) is 0 Å². The van der Waals surface area contributed by atoms with Crippen LogP contribution in [-0.2, 0) is 21.5 Å². The summed E-state index contributed by atoms with van der Waals surface area (Å²) >= 11 is 12.3. The van der Waals surface area contributed by atoms with E-state index in [1.54, 1.807) is 17.0 Å². The third-order valence-electron chi connectivity index (χ3n) is 6.47. The minimum absolute atomic E-state index is 0.122. The average molecular weight is 520 g/mol. The van der Waals surface area contributed by atoms with E-state index < -0.39 is 6.04 Å². The molecule has 5 nitrogen and oxygen atoms in total. The van der Waals surface area contributed by atoms with E-state index in [1.165, 1.54) is 0 Å². The molecule has 0 aliphatic heterocycles. The molecular formula is C28H36Cl2N2O3. The van der Waals surface area contributed by atoms with Crippen molar-refractivity contribution in [1.29, 1.82) is 0 Å². The lowest BCUT2D eigenvalue weighted by Crippen LogP contribution is -2.52. The third kappa shape index (κ3) is 7.37. The van der Waals surface area contributed by atoms with Gasteiger partial charge in [0.25, 0.3) is 5.91 Å². The molecule has 0 radical (unpaired) electrons. The second kappa shape index (κ2) is 12.1. The number of carbonyl (C=O) groups excluding carboxylic acids is 2. The number of nitrogens with one attached hydrogen (secondary N) is 1. The number of benzene rings is 2. The Morgan fingerprint density at radius 1 is 1.09 bits per heavy atom. The quantitative estimate of drug-likeness (QED) is 0.410. The van der Waals surface area contributed by atoms with E-state index in [0.29, 0.717) is 22.2 Å². The molecule has 1 aliphatic carbocycles. The molecule has 7 heteroatoms. The predicted octanol–water partition coefficient (Wildman–Crippen LogP) is 6.54. The monoisotopic (exact) mass is 518 g/mol. The Hall–Kier alpha value is -2.24. The Kier molecular flexibility index (Phi) is 9.48. The zero-order valence-corrected chi connectivity index (χ0v) is 22.6. The van der Waals surface area contributed by atoms with Crippen molar-refractivity contribution in [3.8, 4) is 5.75 Å². The Labute approximate surface area is 219 Å². The average Bonchev–Trinajstić information content (AvgIpc) is 3.32. The van der Waals surface area contributed by atoms with Crippen LogP contribution in [-0.4, -0.2) is 35.4 Å². The first kappa shape index (κ1) is 27.3. The van der Waals surface area contributed by atoms with E-state index in [4.69, 9.17) is 27.9 Å². The number of amides is 2. The van der Waals surface area contributed by atoms with E-state index in [9.17, 15) is 9.59 Å². The maximum absolute atomic E-state index is 13.5. The summed E-state index contributed by atoms with van der Waals surface area (Å²) in [4.78, 5) is 28.4. The van der Waals surface area contributed by atoms with Gasteiger partial charge in [0.2, 0.25) is 5.91 Å². The highest BCUT2D eigenvalue weighted by atomic mass is 35.5. The maximum Gasteiger partial charge on any atom is 0.261 e. The van der Waals surface area contributed by atoms with Crippen LogP contribution in [0.15, 0.2) is 42.5 Å². The van der Waals surface area contributed by atoms with Gasteiger partial charge in [-0.2, -0.15) is 0 Å². The number of nitrogens with zero attached hydrogens (tertiary/aromatic N) is 1. The molecule has 2 aromatic carbocycles. The molecule has 1 saturated carbocycles. The fourth-order valence-electron chi connectivity index (χ4n) is 4.56. The molecule has 2 amide bonds. The number of carbonyl (C=O) groups is 2. The van der Waals surface area contributed by atoms with E-state index in [-0.39, 0.29) is 36.4 Å². The summed E-state index contributed by atoms with van der Waals surface area (Å²) in [7, 11) is 0. The highest BCUT2D eigenvalue weighted by Crippen LogP contribution is 2.31. The number of hydrogen-bond acceptors (Lipinski definition) is 3. The van der Waals surface area contributed by atoms with E-state index in [0.717, 1.165) is 36.8 Å². The van der Waals surface area contributed by atoms with Crippen LogP contribution in [0.1, 0.15) is 70.9 Å². The molecule has 3 rings (SSSR count). The van der Waals surface area contributed by atoms with E-state index in [1.807, 2.05) is 37.3 Å². The fraction of sp³-hybridized carbons (Fsp3) is 0.500. The summed E-state index contributed by atoms with van der Waals surface area (Å²) in [6, 6.07) is 12.6. The zero-order chi connectivity index (χ0) is 25.6. The van der Waals surface area contributed by atoms with Crippen LogP contribution < -0.4 is 10.1 Å². The summed E-state index contributed by atoms with van der Waals surface area (Å²) < 4.78 is 6.02. The molecule has 0 saturated heterocycles. The molecule has 0 heterocycles. The van der Waals surface area contributed by atoms with Crippen molar-refractivity contribution >= 4 is 35.0 Å². The third-order valence-corrected chi connectivity index (χ3v) is 7.21. The number of para-hydroxylation sites is 1. The van der Waals surface area contributed by atoms with Crippen molar-refractivity contribution in [2.45, 2.75) is 83.8 Å². The Balaban J connectivity index is 1.82. The summed E-state index contributed by atoms with van der Waals surface area (Å²) in [6.07, 6.45) is 4.69. The lowest BCUT2D eigenvalue weighted by atomic mass is 9.86. The normalized spacial score (nSPS) is 15.0.